The van der Waals surface area contributed by atoms with Crippen LogP contribution in [-0.2, 0) is 4.79 Å². The van der Waals surface area contributed by atoms with E-state index in [0.29, 0.717) is 24.9 Å². The first kappa shape index (κ1) is 16.5. The van der Waals surface area contributed by atoms with Crippen LogP contribution in [0.2, 0.25) is 0 Å². The summed E-state index contributed by atoms with van der Waals surface area (Å²) < 4.78 is 11.1. The summed E-state index contributed by atoms with van der Waals surface area (Å²) >= 11 is 0. The van der Waals surface area contributed by atoms with E-state index in [1.807, 2.05) is 30.0 Å². The molecule has 0 atom stereocenters. The molecule has 0 unspecified atom stereocenters. The maximum Gasteiger partial charge on any atom is 0.260 e. The summed E-state index contributed by atoms with van der Waals surface area (Å²) in [7, 11) is 0. The zero-order valence-corrected chi connectivity index (χ0v) is 14.4. The van der Waals surface area contributed by atoms with Crippen molar-refractivity contribution >= 4 is 5.91 Å². The second-order valence-electron chi connectivity index (χ2n) is 6.35. The summed E-state index contributed by atoms with van der Waals surface area (Å²) in [6.45, 7) is 7.35. The van der Waals surface area contributed by atoms with Gasteiger partial charge in [0, 0.05) is 25.9 Å². The first-order chi connectivity index (χ1) is 11.5. The molecule has 128 valence electrons. The average Bonchev–Trinajstić information content (AvgIpc) is 3.02. The Bertz CT molecular complexity index is 718. The zero-order chi connectivity index (χ0) is 17.1. The van der Waals surface area contributed by atoms with Crippen molar-refractivity contribution in [1.29, 1.82) is 0 Å². The van der Waals surface area contributed by atoms with Crippen LogP contribution < -0.4 is 4.74 Å². The van der Waals surface area contributed by atoms with Crippen molar-refractivity contribution in [3.8, 4) is 5.75 Å². The van der Waals surface area contributed by atoms with E-state index in [1.54, 1.807) is 6.92 Å². The number of hydrogen-bond donors (Lipinski definition) is 0. The number of amides is 1. The molecule has 1 aromatic carbocycles. The predicted octanol–water partition coefficient (Wildman–Crippen LogP) is 2.78. The van der Waals surface area contributed by atoms with Crippen LogP contribution in [0.15, 0.2) is 22.6 Å². The third-order valence-corrected chi connectivity index (χ3v) is 4.58. The summed E-state index contributed by atoms with van der Waals surface area (Å²) in [5.74, 6) is 2.28. The van der Waals surface area contributed by atoms with Crippen molar-refractivity contribution in [2.45, 2.75) is 39.5 Å². The fourth-order valence-electron chi connectivity index (χ4n) is 2.89. The number of aromatic nitrogens is 2. The molecule has 2 heterocycles. The number of hydrogen-bond acceptors (Lipinski definition) is 5. The SMILES string of the molecule is Cc1nnc(C2CCN(C(=O)COc3ccc(C)c(C)c3)CC2)o1. The van der Waals surface area contributed by atoms with Crippen molar-refractivity contribution in [2.75, 3.05) is 19.7 Å². The normalized spacial score (nSPS) is 15.5. The number of ether oxygens (including phenoxy) is 1. The van der Waals surface area contributed by atoms with E-state index in [0.717, 1.165) is 24.2 Å². The van der Waals surface area contributed by atoms with Crippen LogP contribution in [0.25, 0.3) is 0 Å². The molecule has 2 aromatic rings. The van der Waals surface area contributed by atoms with Gasteiger partial charge in [0.2, 0.25) is 11.8 Å². The number of benzene rings is 1. The predicted molar refractivity (Wildman–Crippen MR) is 89.0 cm³/mol. The molecule has 0 spiro atoms. The molecule has 1 aliphatic heterocycles. The second kappa shape index (κ2) is 7.03. The van der Waals surface area contributed by atoms with E-state index in [-0.39, 0.29) is 18.4 Å². The molecule has 6 heteroatoms. The lowest BCUT2D eigenvalue weighted by molar-refractivity contribution is -0.134. The molecule has 1 aliphatic rings. The highest BCUT2D eigenvalue weighted by molar-refractivity contribution is 5.77. The number of rotatable bonds is 4. The standard InChI is InChI=1S/C18H23N3O3/c1-12-4-5-16(10-13(12)2)23-11-17(22)21-8-6-15(7-9-21)18-20-19-14(3)24-18/h4-5,10,15H,6-9,11H2,1-3H3. The molecule has 0 N–H and O–H groups in total. The first-order valence-electron chi connectivity index (χ1n) is 8.31. The second-order valence-corrected chi connectivity index (χ2v) is 6.35. The van der Waals surface area contributed by atoms with Crippen molar-refractivity contribution in [3.05, 3.63) is 41.1 Å². The molecule has 0 radical (unpaired) electrons. The lowest BCUT2D eigenvalue weighted by Crippen LogP contribution is -2.40. The smallest absolute Gasteiger partial charge is 0.260 e. The molecule has 0 aliphatic carbocycles. The van der Waals surface area contributed by atoms with E-state index >= 15 is 0 Å². The van der Waals surface area contributed by atoms with Crippen molar-refractivity contribution in [1.82, 2.24) is 15.1 Å². The van der Waals surface area contributed by atoms with Crippen molar-refractivity contribution in [2.24, 2.45) is 0 Å². The van der Waals surface area contributed by atoms with Gasteiger partial charge in [-0.05, 0) is 49.9 Å². The van der Waals surface area contributed by atoms with Crippen LogP contribution in [0.4, 0.5) is 0 Å². The number of nitrogens with zero attached hydrogens (tertiary/aromatic N) is 3. The van der Waals surface area contributed by atoms with Crippen LogP contribution in [0, 0.1) is 20.8 Å². The Balaban J connectivity index is 1.49. The maximum absolute atomic E-state index is 12.3. The highest BCUT2D eigenvalue weighted by Gasteiger charge is 2.27. The average molecular weight is 329 g/mol. The van der Waals surface area contributed by atoms with Crippen LogP contribution in [0.3, 0.4) is 0 Å². The van der Waals surface area contributed by atoms with Gasteiger partial charge in [-0.15, -0.1) is 10.2 Å². The fourth-order valence-corrected chi connectivity index (χ4v) is 2.89. The Labute approximate surface area is 141 Å². The van der Waals surface area contributed by atoms with Crippen molar-refractivity contribution < 1.29 is 13.9 Å². The van der Waals surface area contributed by atoms with Crippen LogP contribution in [0.1, 0.15) is 41.7 Å². The summed E-state index contributed by atoms with van der Waals surface area (Å²) in [5.41, 5.74) is 2.38. The van der Waals surface area contributed by atoms with Crippen LogP contribution in [-0.4, -0.2) is 40.7 Å². The lowest BCUT2D eigenvalue weighted by Gasteiger charge is -2.30. The number of carbonyl (C=O) groups is 1. The summed E-state index contributed by atoms with van der Waals surface area (Å²) in [5, 5.41) is 7.96. The van der Waals surface area contributed by atoms with Gasteiger partial charge in [0.05, 0.1) is 0 Å². The molecule has 1 fully saturated rings. The monoisotopic (exact) mass is 329 g/mol. The molecule has 1 aromatic heterocycles. The first-order valence-corrected chi connectivity index (χ1v) is 8.31. The Morgan fingerprint density at radius 2 is 1.96 bits per heavy atom. The Hall–Kier alpha value is -2.37. The van der Waals surface area contributed by atoms with Crippen molar-refractivity contribution in [3.63, 3.8) is 0 Å². The lowest BCUT2D eigenvalue weighted by atomic mass is 9.97. The van der Waals surface area contributed by atoms with Gasteiger partial charge in [0.1, 0.15) is 5.75 Å². The Kier molecular flexibility index (Phi) is 4.83. The maximum atomic E-state index is 12.3. The highest BCUT2D eigenvalue weighted by Crippen LogP contribution is 2.27. The molecule has 6 nitrogen and oxygen atoms in total. The molecule has 0 bridgehead atoms. The number of carbonyl (C=O) groups excluding carboxylic acids is 1. The highest BCUT2D eigenvalue weighted by atomic mass is 16.5. The van der Waals surface area contributed by atoms with E-state index in [1.165, 1.54) is 5.56 Å². The summed E-state index contributed by atoms with van der Waals surface area (Å²) in [4.78, 5) is 14.2. The molecule has 1 amide bonds. The van der Waals surface area contributed by atoms with Gasteiger partial charge < -0.3 is 14.1 Å². The Morgan fingerprint density at radius 3 is 2.58 bits per heavy atom. The summed E-state index contributed by atoms with van der Waals surface area (Å²) in [6, 6.07) is 5.87. The third kappa shape index (κ3) is 3.75. The summed E-state index contributed by atoms with van der Waals surface area (Å²) in [6.07, 6.45) is 1.69. The third-order valence-electron chi connectivity index (χ3n) is 4.58. The minimum atomic E-state index is 0.0217. The van der Waals surface area contributed by atoms with Gasteiger partial charge in [0.15, 0.2) is 6.61 Å². The molecule has 24 heavy (non-hydrogen) atoms. The van der Waals surface area contributed by atoms with E-state index in [9.17, 15) is 4.79 Å². The topological polar surface area (TPSA) is 68.5 Å². The molecular formula is C18H23N3O3. The zero-order valence-electron chi connectivity index (χ0n) is 14.4. The van der Waals surface area contributed by atoms with Crippen LogP contribution in [0.5, 0.6) is 5.75 Å². The molecule has 1 saturated heterocycles. The van der Waals surface area contributed by atoms with E-state index in [4.69, 9.17) is 9.15 Å². The Morgan fingerprint density at radius 1 is 1.21 bits per heavy atom. The van der Waals surface area contributed by atoms with Gasteiger partial charge in [0.25, 0.3) is 5.91 Å². The molecular weight excluding hydrogens is 306 g/mol. The molecule has 3 rings (SSSR count). The minimum Gasteiger partial charge on any atom is -0.484 e. The van der Waals surface area contributed by atoms with Crippen LogP contribution >= 0.6 is 0 Å². The quantitative estimate of drug-likeness (QED) is 0.863. The minimum absolute atomic E-state index is 0.0217. The number of likely N-dealkylation sites (tertiary alicyclic amines) is 1. The van der Waals surface area contributed by atoms with Gasteiger partial charge in [-0.25, -0.2) is 0 Å². The van der Waals surface area contributed by atoms with E-state index in [2.05, 4.69) is 17.1 Å². The van der Waals surface area contributed by atoms with Gasteiger partial charge in [-0.1, -0.05) is 6.07 Å². The van der Waals surface area contributed by atoms with E-state index < -0.39 is 0 Å². The largest absolute Gasteiger partial charge is 0.484 e. The fraction of sp³-hybridized carbons (Fsp3) is 0.500. The molecule has 0 saturated carbocycles. The van der Waals surface area contributed by atoms with Gasteiger partial charge in [-0.3, -0.25) is 4.79 Å². The number of piperidine rings is 1. The van der Waals surface area contributed by atoms with Gasteiger partial charge >= 0.3 is 0 Å². The van der Waals surface area contributed by atoms with Gasteiger partial charge in [-0.2, -0.15) is 0 Å². The number of aryl methyl sites for hydroxylation is 3.